The molecule has 1 aliphatic heterocycles. The Hall–Kier alpha value is -2.52. The summed E-state index contributed by atoms with van der Waals surface area (Å²) in [4.78, 5) is 34.4. The lowest BCUT2D eigenvalue weighted by Crippen LogP contribution is -2.45. The zero-order valence-corrected chi connectivity index (χ0v) is 18.8. The van der Waals surface area contributed by atoms with Crippen LogP contribution < -0.4 is 5.56 Å². The first-order valence-corrected chi connectivity index (χ1v) is 13.0. The zero-order valence-electron chi connectivity index (χ0n) is 17.2. The van der Waals surface area contributed by atoms with Gasteiger partial charge in [-0.2, -0.15) is 0 Å². The number of nitrogens with zero attached hydrogens (tertiary/aromatic N) is 3. The SMILES string of the molecule is Cc1sc2ncn(CC(=O)N(C3CC3)C3CCS(=O)(=O)C3)c(=O)c2c1-c1ccccc1. The highest BCUT2D eigenvalue weighted by Crippen LogP contribution is 2.35. The molecule has 1 amide bonds. The average molecular weight is 458 g/mol. The van der Waals surface area contributed by atoms with Crippen LogP contribution in [-0.4, -0.2) is 52.4 Å². The van der Waals surface area contributed by atoms with E-state index in [9.17, 15) is 18.0 Å². The molecule has 0 N–H and O–H groups in total. The molecule has 1 atom stereocenters. The molecular formula is C22H23N3O4S2. The van der Waals surface area contributed by atoms with Crippen molar-refractivity contribution >= 4 is 37.3 Å². The fraction of sp³-hybridized carbons (Fsp3) is 0.409. The van der Waals surface area contributed by atoms with Gasteiger partial charge < -0.3 is 4.90 Å². The van der Waals surface area contributed by atoms with Crippen molar-refractivity contribution in [1.82, 2.24) is 14.5 Å². The summed E-state index contributed by atoms with van der Waals surface area (Å²) in [6.45, 7) is 1.84. The molecule has 2 aliphatic rings. The van der Waals surface area contributed by atoms with Crippen LogP contribution in [0, 0.1) is 6.92 Å². The van der Waals surface area contributed by atoms with Crippen LogP contribution in [0.4, 0.5) is 0 Å². The molecule has 2 fully saturated rings. The van der Waals surface area contributed by atoms with Crippen molar-refractivity contribution in [2.24, 2.45) is 0 Å². The van der Waals surface area contributed by atoms with Crippen molar-refractivity contribution in [2.75, 3.05) is 11.5 Å². The van der Waals surface area contributed by atoms with E-state index in [2.05, 4.69) is 4.98 Å². The second kappa shape index (κ2) is 7.56. The number of benzene rings is 1. The van der Waals surface area contributed by atoms with E-state index in [0.29, 0.717) is 16.6 Å². The Bertz CT molecular complexity index is 1320. The molecule has 0 spiro atoms. The van der Waals surface area contributed by atoms with E-state index in [4.69, 9.17) is 0 Å². The van der Waals surface area contributed by atoms with Crippen LogP contribution in [-0.2, 0) is 21.2 Å². The molecule has 3 aromatic rings. The van der Waals surface area contributed by atoms with Gasteiger partial charge in [-0.3, -0.25) is 14.2 Å². The van der Waals surface area contributed by atoms with Crippen LogP contribution in [0.1, 0.15) is 24.1 Å². The number of amides is 1. The van der Waals surface area contributed by atoms with Gasteiger partial charge in [-0.15, -0.1) is 11.3 Å². The summed E-state index contributed by atoms with van der Waals surface area (Å²) in [5, 5.41) is 0.533. The van der Waals surface area contributed by atoms with Gasteiger partial charge >= 0.3 is 0 Å². The second-order valence-corrected chi connectivity index (χ2v) is 11.8. The summed E-state index contributed by atoms with van der Waals surface area (Å²) in [6, 6.07) is 9.51. The predicted octanol–water partition coefficient (Wildman–Crippen LogP) is 2.61. The third-order valence-electron chi connectivity index (χ3n) is 6.05. The van der Waals surface area contributed by atoms with Gasteiger partial charge in [-0.25, -0.2) is 13.4 Å². The molecular weight excluding hydrogens is 434 g/mol. The Labute approximate surface area is 184 Å². The number of hydrogen-bond donors (Lipinski definition) is 0. The van der Waals surface area contributed by atoms with Gasteiger partial charge in [0.2, 0.25) is 5.91 Å². The molecule has 1 aromatic carbocycles. The largest absolute Gasteiger partial charge is 0.334 e. The maximum Gasteiger partial charge on any atom is 0.263 e. The van der Waals surface area contributed by atoms with Crippen LogP contribution in [0.3, 0.4) is 0 Å². The van der Waals surface area contributed by atoms with Crippen LogP contribution in [0.2, 0.25) is 0 Å². The second-order valence-electron chi connectivity index (χ2n) is 8.35. The molecule has 1 unspecified atom stereocenters. The number of carbonyl (C=O) groups is 1. The van der Waals surface area contributed by atoms with Crippen molar-refractivity contribution in [3.05, 3.63) is 51.9 Å². The van der Waals surface area contributed by atoms with Gasteiger partial charge in [0.25, 0.3) is 5.56 Å². The first kappa shape index (κ1) is 20.4. The summed E-state index contributed by atoms with van der Waals surface area (Å²) in [5.74, 6) is -0.0689. The Balaban J connectivity index is 1.50. The van der Waals surface area contributed by atoms with Gasteiger partial charge in [-0.05, 0) is 31.7 Å². The number of carbonyl (C=O) groups excluding carboxylic acids is 1. The number of fused-ring (bicyclic) bond motifs is 1. The number of aryl methyl sites for hydroxylation is 1. The molecule has 1 saturated carbocycles. The summed E-state index contributed by atoms with van der Waals surface area (Å²) < 4.78 is 25.2. The van der Waals surface area contributed by atoms with E-state index < -0.39 is 9.84 Å². The first-order valence-electron chi connectivity index (χ1n) is 10.4. The zero-order chi connectivity index (χ0) is 21.8. The van der Waals surface area contributed by atoms with Gasteiger partial charge in [0.15, 0.2) is 9.84 Å². The summed E-state index contributed by atoms with van der Waals surface area (Å²) in [5.41, 5.74) is 1.57. The molecule has 5 rings (SSSR count). The fourth-order valence-electron chi connectivity index (χ4n) is 4.48. The van der Waals surface area contributed by atoms with Gasteiger partial charge in [0, 0.05) is 22.5 Å². The number of sulfone groups is 1. The molecule has 1 aliphatic carbocycles. The molecule has 1 saturated heterocycles. The lowest BCUT2D eigenvalue weighted by molar-refractivity contribution is -0.134. The summed E-state index contributed by atoms with van der Waals surface area (Å²) >= 11 is 1.47. The molecule has 162 valence electrons. The Morgan fingerprint density at radius 3 is 2.58 bits per heavy atom. The average Bonchev–Trinajstić information content (AvgIpc) is 3.41. The molecule has 0 bridgehead atoms. The molecule has 7 nitrogen and oxygen atoms in total. The monoisotopic (exact) mass is 457 g/mol. The Morgan fingerprint density at radius 1 is 1.19 bits per heavy atom. The normalized spacial score (nSPS) is 20.2. The Morgan fingerprint density at radius 2 is 1.94 bits per heavy atom. The molecule has 31 heavy (non-hydrogen) atoms. The smallest absolute Gasteiger partial charge is 0.263 e. The topological polar surface area (TPSA) is 89.3 Å². The van der Waals surface area contributed by atoms with Crippen molar-refractivity contribution in [3.63, 3.8) is 0 Å². The molecule has 0 radical (unpaired) electrons. The van der Waals surface area contributed by atoms with E-state index in [1.165, 1.54) is 22.2 Å². The van der Waals surface area contributed by atoms with E-state index in [1.807, 2.05) is 37.3 Å². The van der Waals surface area contributed by atoms with Crippen molar-refractivity contribution in [1.29, 1.82) is 0 Å². The minimum atomic E-state index is -3.10. The fourth-order valence-corrected chi connectivity index (χ4v) is 7.20. The summed E-state index contributed by atoms with van der Waals surface area (Å²) in [6.07, 6.45) is 3.68. The number of rotatable bonds is 5. The number of thiophene rings is 1. The highest BCUT2D eigenvalue weighted by Gasteiger charge is 2.42. The summed E-state index contributed by atoms with van der Waals surface area (Å²) in [7, 11) is -3.10. The molecule has 2 aromatic heterocycles. The minimum absolute atomic E-state index is 0.0172. The van der Waals surface area contributed by atoms with Crippen LogP contribution in [0.5, 0.6) is 0 Å². The van der Waals surface area contributed by atoms with E-state index in [1.54, 1.807) is 4.90 Å². The van der Waals surface area contributed by atoms with E-state index >= 15 is 0 Å². The number of aromatic nitrogens is 2. The lowest BCUT2D eigenvalue weighted by atomic mass is 10.0. The van der Waals surface area contributed by atoms with Crippen molar-refractivity contribution < 1.29 is 13.2 Å². The molecule has 3 heterocycles. The third-order valence-corrected chi connectivity index (χ3v) is 8.82. The highest BCUT2D eigenvalue weighted by molar-refractivity contribution is 7.91. The van der Waals surface area contributed by atoms with Crippen LogP contribution in [0.15, 0.2) is 41.5 Å². The third kappa shape index (κ3) is 3.80. The standard InChI is InChI=1S/C22H23N3O4S2/c1-14-19(15-5-3-2-4-6-15)20-21(30-14)23-13-24(22(20)27)11-18(26)25(16-7-8-16)17-9-10-31(28,29)12-17/h2-6,13,16-17H,7-12H2,1H3. The van der Waals surface area contributed by atoms with Crippen LogP contribution in [0.25, 0.3) is 21.3 Å². The quantitative estimate of drug-likeness (QED) is 0.588. The van der Waals surface area contributed by atoms with Gasteiger partial charge in [-0.1, -0.05) is 30.3 Å². The molecule has 9 heteroatoms. The van der Waals surface area contributed by atoms with Gasteiger partial charge in [0.1, 0.15) is 11.4 Å². The first-order chi connectivity index (χ1) is 14.8. The Kier molecular flexibility index (Phi) is 4.97. The van der Waals surface area contributed by atoms with Gasteiger partial charge in [0.05, 0.1) is 23.2 Å². The van der Waals surface area contributed by atoms with E-state index in [-0.39, 0.29) is 41.6 Å². The minimum Gasteiger partial charge on any atom is -0.334 e. The maximum atomic E-state index is 13.4. The highest BCUT2D eigenvalue weighted by atomic mass is 32.2. The number of hydrogen-bond acceptors (Lipinski definition) is 6. The van der Waals surface area contributed by atoms with Crippen LogP contribution >= 0.6 is 11.3 Å². The van der Waals surface area contributed by atoms with E-state index in [0.717, 1.165) is 28.8 Å². The van der Waals surface area contributed by atoms with Crippen molar-refractivity contribution in [2.45, 2.75) is 44.8 Å². The lowest BCUT2D eigenvalue weighted by Gasteiger charge is -2.28. The predicted molar refractivity (Wildman–Crippen MR) is 121 cm³/mol. The van der Waals surface area contributed by atoms with Crippen molar-refractivity contribution in [3.8, 4) is 11.1 Å². The maximum absolute atomic E-state index is 13.4.